The van der Waals surface area contributed by atoms with Gasteiger partial charge in [0.25, 0.3) is 5.91 Å². The van der Waals surface area contributed by atoms with Crippen molar-refractivity contribution >= 4 is 45.5 Å². The molecule has 0 aliphatic heterocycles. The summed E-state index contributed by atoms with van der Waals surface area (Å²) in [6.45, 7) is 0. The van der Waals surface area contributed by atoms with Crippen molar-refractivity contribution in [3.05, 3.63) is 141 Å². The number of nitriles is 2. The third kappa shape index (κ3) is 4.94. The zero-order valence-corrected chi connectivity index (χ0v) is 22.3. The zero-order valence-electron chi connectivity index (χ0n) is 21.5. The van der Waals surface area contributed by atoms with Crippen LogP contribution in [-0.4, -0.2) is 22.1 Å². The Morgan fingerprint density at radius 3 is 1.98 bits per heavy atom. The molecule has 0 aliphatic carbocycles. The number of nitrogens with zero attached hydrogens (tertiary/aromatic N) is 3. The summed E-state index contributed by atoms with van der Waals surface area (Å²) in [6, 6.07) is 30.1. The number of benzene rings is 4. The molecule has 6 aromatic rings. The van der Waals surface area contributed by atoms with Crippen molar-refractivity contribution in [3.8, 4) is 12.1 Å². The number of halogens is 1. The third-order valence-corrected chi connectivity index (χ3v) is 7.43. The third-order valence-electron chi connectivity index (χ3n) is 7.09. The van der Waals surface area contributed by atoms with Crippen molar-refractivity contribution in [3.63, 3.8) is 0 Å². The lowest BCUT2D eigenvalue weighted by atomic mass is 9.84. The van der Waals surface area contributed by atoms with Crippen LogP contribution < -0.4 is 5.43 Å². The predicted octanol–water partition coefficient (Wildman–Crippen LogP) is 6.99. The maximum atomic E-state index is 12.8. The maximum absolute atomic E-state index is 12.8. The quantitative estimate of drug-likeness (QED) is 0.152. The van der Waals surface area contributed by atoms with Crippen molar-refractivity contribution in [2.24, 2.45) is 5.10 Å². The Balaban J connectivity index is 1.39. The first-order valence-electron chi connectivity index (χ1n) is 12.8. The molecule has 41 heavy (non-hydrogen) atoms. The normalized spacial score (nSPS) is 11.2. The largest absolute Gasteiger partial charge is 0.361 e. The Morgan fingerprint density at radius 2 is 1.41 bits per heavy atom. The molecule has 0 unspecified atom stereocenters. The molecule has 6 rings (SSSR count). The summed E-state index contributed by atoms with van der Waals surface area (Å²) in [5.74, 6) is -0.608. The average molecular weight is 553 g/mol. The molecule has 0 radical (unpaired) electrons. The summed E-state index contributed by atoms with van der Waals surface area (Å²) in [7, 11) is 0. The van der Waals surface area contributed by atoms with Crippen molar-refractivity contribution in [2.75, 3.05) is 0 Å². The van der Waals surface area contributed by atoms with E-state index in [1.54, 1.807) is 30.3 Å². The van der Waals surface area contributed by atoms with Crippen LogP contribution in [0.4, 0.5) is 0 Å². The van der Waals surface area contributed by atoms with Gasteiger partial charge in [-0.3, -0.25) is 4.79 Å². The van der Waals surface area contributed by atoms with Crippen LogP contribution in [0.25, 0.3) is 21.8 Å². The van der Waals surface area contributed by atoms with Crippen LogP contribution in [0.15, 0.2) is 102 Å². The molecule has 0 fully saturated rings. The van der Waals surface area contributed by atoms with Crippen molar-refractivity contribution in [1.82, 2.24) is 15.4 Å². The van der Waals surface area contributed by atoms with Gasteiger partial charge in [0.2, 0.25) is 0 Å². The van der Waals surface area contributed by atoms with E-state index in [0.29, 0.717) is 27.3 Å². The molecule has 3 N–H and O–H groups in total. The molecule has 0 aliphatic rings. The van der Waals surface area contributed by atoms with Crippen LogP contribution in [0.1, 0.15) is 49.7 Å². The minimum absolute atomic E-state index is 0.254. The first kappa shape index (κ1) is 25.6. The highest BCUT2D eigenvalue weighted by molar-refractivity contribution is 6.33. The average Bonchev–Trinajstić information content (AvgIpc) is 3.62. The number of amides is 1. The highest BCUT2D eigenvalue weighted by atomic mass is 35.5. The van der Waals surface area contributed by atoms with Gasteiger partial charge in [-0.05, 0) is 71.3 Å². The first-order valence-corrected chi connectivity index (χ1v) is 13.1. The molecule has 2 aromatic heterocycles. The molecule has 8 heteroatoms. The number of nitrogens with one attached hydrogen (secondary N) is 3. The van der Waals surface area contributed by atoms with Gasteiger partial charge in [0.05, 0.1) is 29.5 Å². The lowest BCUT2D eigenvalue weighted by molar-refractivity contribution is 0.0955. The maximum Gasteiger partial charge on any atom is 0.271 e. The Labute approximate surface area is 240 Å². The SMILES string of the molecule is N#Cc1ccc2[nH]cc(C(c3ccc(C(=O)N/N=C/c4ccccc4Cl)cc3)c3c[nH]c4ccc(C#N)cc34)c2c1. The number of hydrazone groups is 1. The molecule has 196 valence electrons. The number of hydrogen-bond acceptors (Lipinski definition) is 4. The molecule has 0 saturated carbocycles. The van der Waals surface area contributed by atoms with Gasteiger partial charge in [0.1, 0.15) is 0 Å². The summed E-state index contributed by atoms with van der Waals surface area (Å²) in [5.41, 5.74) is 9.53. The number of rotatable bonds is 6. The van der Waals surface area contributed by atoms with E-state index < -0.39 is 0 Å². The standard InChI is InChI=1S/C33H21ClN6O/c34-29-4-2-1-3-24(29)17-39-40-33(41)23-9-7-22(8-10-23)32(27-18-37-30-11-5-20(15-35)13-25(27)30)28-19-38-31-12-6-21(16-36)14-26(28)31/h1-14,17-19,32,37-38H,(H,40,41)/b39-17+. The highest BCUT2D eigenvalue weighted by Gasteiger charge is 2.24. The van der Waals surface area contributed by atoms with Crippen molar-refractivity contribution in [2.45, 2.75) is 5.92 Å². The zero-order chi connectivity index (χ0) is 28.3. The van der Waals surface area contributed by atoms with Gasteiger partial charge in [-0.2, -0.15) is 15.6 Å². The van der Waals surface area contributed by atoms with Crippen molar-refractivity contribution < 1.29 is 4.79 Å². The molecular formula is C33H21ClN6O. The number of carbonyl (C=O) groups is 1. The van der Waals surface area contributed by atoms with Gasteiger partial charge in [-0.25, -0.2) is 5.43 Å². The lowest BCUT2D eigenvalue weighted by Crippen LogP contribution is -2.17. The van der Waals surface area contributed by atoms with Gasteiger partial charge in [0, 0.05) is 56.3 Å². The van der Waals surface area contributed by atoms with E-state index >= 15 is 0 Å². The molecule has 4 aromatic carbocycles. The minimum Gasteiger partial charge on any atom is -0.361 e. The van der Waals surface area contributed by atoms with Crippen LogP contribution in [0.2, 0.25) is 5.02 Å². The molecule has 7 nitrogen and oxygen atoms in total. The molecule has 2 heterocycles. The summed E-state index contributed by atoms with van der Waals surface area (Å²) in [5, 5.41) is 25.5. The summed E-state index contributed by atoms with van der Waals surface area (Å²) < 4.78 is 0. The number of hydrogen-bond donors (Lipinski definition) is 3. The fourth-order valence-corrected chi connectivity index (χ4v) is 5.24. The molecular weight excluding hydrogens is 532 g/mol. The summed E-state index contributed by atoms with van der Waals surface area (Å²) >= 11 is 6.15. The van der Waals surface area contributed by atoms with E-state index in [-0.39, 0.29) is 11.8 Å². The number of carbonyl (C=O) groups excluding carboxylic acids is 1. The van der Waals surface area contributed by atoms with Crippen LogP contribution in [0, 0.1) is 22.7 Å². The van der Waals surface area contributed by atoms with E-state index in [1.807, 2.05) is 67.0 Å². The second kappa shape index (κ2) is 10.9. The monoisotopic (exact) mass is 552 g/mol. The smallest absolute Gasteiger partial charge is 0.271 e. The highest BCUT2D eigenvalue weighted by Crippen LogP contribution is 2.40. The number of aromatic nitrogens is 2. The molecule has 0 saturated heterocycles. The topological polar surface area (TPSA) is 121 Å². The van der Waals surface area contributed by atoms with Crippen LogP contribution in [0.3, 0.4) is 0 Å². The van der Waals surface area contributed by atoms with Gasteiger partial charge in [-0.1, -0.05) is 41.9 Å². The van der Waals surface area contributed by atoms with Crippen LogP contribution in [-0.2, 0) is 0 Å². The molecule has 0 spiro atoms. The number of aromatic amines is 2. The van der Waals surface area contributed by atoms with E-state index in [0.717, 1.165) is 38.5 Å². The van der Waals surface area contributed by atoms with Gasteiger partial charge in [-0.15, -0.1) is 0 Å². The fraction of sp³-hybridized carbons (Fsp3) is 0.0303. The van der Waals surface area contributed by atoms with E-state index in [4.69, 9.17) is 11.6 Å². The minimum atomic E-state index is -0.354. The van der Waals surface area contributed by atoms with Crippen molar-refractivity contribution in [1.29, 1.82) is 10.5 Å². The second-order valence-corrected chi connectivity index (χ2v) is 9.92. The molecule has 1 amide bonds. The van der Waals surface area contributed by atoms with Crippen LogP contribution in [0.5, 0.6) is 0 Å². The molecule has 0 bridgehead atoms. The second-order valence-electron chi connectivity index (χ2n) is 9.51. The van der Waals surface area contributed by atoms with Gasteiger partial charge in [0.15, 0.2) is 0 Å². The Hall–Kier alpha value is -5.63. The van der Waals surface area contributed by atoms with E-state index in [9.17, 15) is 15.3 Å². The molecule has 0 atom stereocenters. The Kier molecular flexibility index (Phi) is 6.79. The Morgan fingerprint density at radius 1 is 0.829 bits per heavy atom. The van der Waals surface area contributed by atoms with Gasteiger partial charge >= 0.3 is 0 Å². The first-order chi connectivity index (χ1) is 20.1. The predicted molar refractivity (Wildman–Crippen MR) is 160 cm³/mol. The van der Waals surface area contributed by atoms with Crippen LogP contribution >= 0.6 is 11.6 Å². The van der Waals surface area contributed by atoms with E-state index in [1.165, 1.54) is 6.21 Å². The number of fused-ring (bicyclic) bond motifs is 2. The Bertz CT molecular complexity index is 1950. The lowest BCUT2D eigenvalue weighted by Gasteiger charge is -2.18. The van der Waals surface area contributed by atoms with E-state index in [2.05, 4.69) is 32.6 Å². The summed E-state index contributed by atoms with van der Waals surface area (Å²) in [4.78, 5) is 19.5. The number of H-pyrrole nitrogens is 2. The van der Waals surface area contributed by atoms with Gasteiger partial charge < -0.3 is 9.97 Å². The summed E-state index contributed by atoms with van der Waals surface area (Å²) in [6.07, 6.45) is 5.41. The fourth-order valence-electron chi connectivity index (χ4n) is 5.06.